The van der Waals surface area contributed by atoms with Crippen LogP contribution in [0.1, 0.15) is 0 Å². The van der Waals surface area contributed by atoms with Crippen LogP contribution in [0.5, 0.6) is 0 Å². The first kappa shape index (κ1) is 42.1. The first-order valence-electron chi connectivity index (χ1n) is 9.18. The zero-order chi connectivity index (χ0) is 34.0. The topological polar surface area (TPSA) is 512 Å². The molecule has 41 heavy (non-hydrogen) atoms. The van der Waals surface area contributed by atoms with Crippen LogP contribution < -0.4 is 11.5 Å². The highest BCUT2D eigenvalue weighted by Gasteiger charge is 2.83. The van der Waals surface area contributed by atoms with Crippen molar-refractivity contribution in [3.63, 3.8) is 0 Å². The van der Waals surface area contributed by atoms with Crippen molar-refractivity contribution < 1.29 is 115 Å². The molecule has 20 N–H and O–H groups in total. The zero-order valence-electron chi connectivity index (χ0n) is 19.2. The second-order valence-corrected chi connectivity index (χ2v) is 23.6. The molecule has 34 heteroatoms. The van der Waals surface area contributed by atoms with E-state index < -0.39 is 99.9 Å². The van der Waals surface area contributed by atoms with Crippen molar-refractivity contribution in [1.82, 2.24) is 0 Å². The molecule has 0 aromatic heterocycles. The first-order chi connectivity index (χ1) is 17.3. The molecule has 26 nitrogen and oxygen atoms in total. The van der Waals surface area contributed by atoms with Crippen LogP contribution >= 0.6 is 60.8 Å². The zero-order valence-corrected chi connectivity index (χ0v) is 26.3. The van der Waals surface area contributed by atoms with Gasteiger partial charge in [0.15, 0.2) is 21.6 Å². The molecule has 0 aromatic rings. The molecule has 0 bridgehead atoms. The second kappa shape index (κ2) is 12.0. The monoisotopic (exact) mass is 770 g/mol. The fourth-order valence-corrected chi connectivity index (χ4v) is 20.0. The van der Waals surface area contributed by atoms with Gasteiger partial charge in [0.2, 0.25) is 0 Å². The summed E-state index contributed by atoms with van der Waals surface area (Å²) < 4.78 is 99.3. The number of nitrogens with two attached hydrogens (primary N) is 2. The molecule has 0 aromatic carbocycles. The maximum Gasteiger partial charge on any atom is 0.342 e. The van der Waals surface area contributed by atoms with Crippen LogP contribution in [0.25, 0.3) is 0 Å². The molecular weight excluding hydrogens is 744 g/mol. The summed E-state index contributed by atoms with van der Waals surface area (Å²) in [7, 11) is -57.9. The van der Waals surface area contributed by atoms with E-state index in [1.807, 2.05) is 0 Å². The average molecular weight is 770 g/mol. The van der Waals surface area contributed by atoms with Crippen molar-refractivity contribution in [1.29, 1.82) is 0 Å². The van der Waals surface area contributed by atoms with Gasteiger partial charge in [-0.2, -0.15) is 0 Å². The third-order valence-electron chi connectivity index (χ3n) is 5.47. The summed E-state index contributed by atoms with van der Waals surface area (Å²) in [4.78, 5) is 157. The van der Waals surface area contributed by atoms with Gasteiger partial charge in [0.05, 0.1) is 11.0 Å². The smallest absolute Gasteiger partial charge is 0.330 e. The van der Waals surface area contributed by atoms with Crippen molar-refractivity contribution >= 4 is 60.8 Å². The third kappa shape index (κ3) is 8.69. The second-order valence-electron chi connectivity index (χ2n) is 8.38. The molecule has 0 amide bonds. The lowest BCUT2D eigenvalue weighted by Crippen LogP contribution is -2.76. The van der Waals surface area contributed by atoms with Crippen LogP contribution in [-0.4, -0.2) is 112 Å². The summed E-state index contributed by atoms with van der Waals surface area (Å²) in [5.41, 5.74) is -0.416. The van der Waals surface area contributed by atoms with Gasteiger partial charge < -0.3 is 89.8 Å². The molecule has 0 spiro atoms. The normalized spacial score (nSPS) is 16.3. The largest absolute Gasteiger partial charge is 0.342 e. The Labute approximate surface area is 226 Å². The van der Waals surface area contributed by atoms with E-state index in [4.69, 9.17) is 11.5 Å². The molecule has 0 radical (unpaired) electrons. The summed E-state index contributed by atoms with van der Waals surface area (Å²) in [6.45, 7) is -2.78. The SMILES string of the molecule is NCC(C(P(=O)(O)O)P(=O)(O)O)(C(P(=O)(O)O)P(=O)(O)O)C(N)(C(P(=O)(O)O)P(=O)(O)O)C(P(=O)(O)O)P(=O)(O)O. The first-order valence-corrected chi connectivity index (χ1v) is 22.6. The minimum atomic E-state index is -7.25. The maximum absolute atomic E-state index is 12.4. The van der Waals surface area contributed by atoms with Gasteiger partial charge in [0, 0.05) is 6.54 Å². The molecular formula is C7H26N2O24P8. The molecule has 0 heterocycles. The Morgan fingerprint density at radius 2 is 0.537 bits per heavy atom. The van der Waals surface area contributed by atoms with Crippen molar-refractivity contribution in [3.8, 4) is 0 Å². The minimum Gasteiger partial charge on any atom is -0.330 e. The average Bonchev–Trinajstić information content (AvgIpc) is 2.49. The van der Waals surface area contributed by atoms with Crippen LogP contribution in [0.4, 0.5) is 0 Å². The summed E-state index contributed by atoms with van der Waals surface area (Å²) >= 11 is 0. The maximum atomic E-state index is 12.4. The molecule has 248 valence electrons. The lowest BCUT2D eigenvalue weighted by Gasteiger charge is -2.58. The van der Waals surface area contributed by atoms with Crippen molar-refractivity contribution in [2.75, 3.05) is 6.54 Å². The quantitative estimate of drug-likeness (QED) is 0.0738. The molecule has 0 fully saturated rings. The van der Waals surface area contributed by atoms with E-state index in [1.54, 1.807) is 0 Å². The van der Waals surface area contributed by atoms with Gasteiger partial charge in [-0.05, 0) is 0 Å². The molecule has 0 aliphatic carbocycles. The number of hydrogen-bond acceptors (Lipinski definition) is 10. The highest BCUT2D eigenvalue weighted by Crippen LogP contribution is 2.84. The van der Waals surface area contributed by atoms with E-state index in [9.17, 15) is 115 Å². The van der Waals surface area contributed by atoms with E-state index in [0.717, 1.165) is 0 Å². The molecule has 0 atom stereocenters. The van der Waals surface area contributed by atoms with Crippen LogP contribution in [-0.2, 0) is 36.5 Å². The standard InChI is InChI=1S/C7H26N2O24P8/c8-1-6(2(34(10,11)12)35(13,14)15,3(36(16,17)18)37(19,20)21)7(9,4(38(22,23)24)39(25,26)27)5(40(28,29)30)41(31,32)33/h2-5H,1,8-9H2,(H2,10,11,12)(H2,13,14,15)(H2,16,17,18)(H2,19,20,21)(H2,22,23,24)(H2,25,26,27)(H2,28,29,30)(H2,31,32,33). The van der Waals surface area contributed by atoms with E-state index in [-0.39, 0.29) is 0 Å². The lowest BCUT2D eigenvalue weighted by molar-refractivity contribution is 0.108. The van der Waals surface area contributed by atoms with Crippen LogP contribution in [0.2, 0.25) is 0 Å². The van der Waals surface area contributed by atoms with Gasteiger partial charge in [-0.3, -0.25) is 36.5 Å². The summed E-state index contributed by atoms with van der Waals surface area (Å²) in [6, 6.07) is 0. The summed E-state index contributed by atoms with van der Waals surface area (Å²) in [5.74, 6) is 0. The molecule has 0 unspecified atom stereocenters. The third-order valence-corrected chi connectivity index (χ3v) is 21.3. The van der Waals surface area contributed by atoms with Crippen LogP contribution in [0.3, 0.4) is 0 Å². The van der Waals surface area contributed by atoms with Gasteiger partial charge >= 0.3 is 60.8 Å². The molecule has 0 saturated heterocycles. The van der Waals surface area contributed by atoms with Gasteiger partial charge in [-0.25, -0.2) is 0 Å². The van der Waals surface area contributed by atoms with Gasteiger partial charge in [0.25, 0.3) is 0 Å². The Bertz CT molecular complexity index is 1190. The van der Waals surface area contributed by atoms with Crippen molar-refractivity contribution in [2.24, 2.45) is 16.9 Å². The van der Waals surface area contributed by atoms with Crippen molar-refractivity contribution in [2.45, 2.75) is 27.1 Å². The Hall–Kier alpha value is 1.12. The molecule has 0 saturated carbocycles. The van der Waals surface area contributed by atoms with Crippen molar-refractivity contribution in [3.05, 3.63) is 0 Å². The Balaban J connectivity index is 9.84. The predicted molar refractivity (Wildman–Crippen MR) is 130 cm³/mol. The van der Waals surface area contributed by atoms with Gasteiger partial charge in [0.1, 0.15) is 0 Å². The fraction of sp³-hybridized carbons (Fsp3) is 1.00. The Morgan fingerprint density at radius 3 is 0.634 bits per heavy atom. The van der Waals surface area contributed by atoms with E-state index in [1.165, 1.54) is 0 Å². The number of rotatable bonds is 14. The molecule has 0 rings (SSSR count). The van der Waals surface area contributed by atoms with Crippen LogP contribution in [0, 0.1) is 5.41 Å². The molecule has 0 aliphatic rings. The fourth-order valence-electron chi connectivity index (χ4n) is 4.68. The highest BCUT2D eigenvalue weighted by atomic mass is 31.3. The summed E-state index contributed by atoms with van der Waals surface area (Å²) in [6.07, 6.45) is 0. The van der Waals surface area contributed by atoms with Gasteiger partial charge in [-0.15, -0.1) is 0 Å². The minimum absolute atomic E-state index is 2.78. The highest BCUT2D eigenvalue weighted by molar-refractivity contribution is 7.74. The van der Waals surface area contributed by atoms with E-state index >= 15 is 0 Å². The lowest BCUT2D eigenvalue weighted by atomic mass is 9.73. The summed E-state index contributed by atoms with van der Waals surface area (Å²) in [5, 5.41) is -19.2. The van der Waals surface area contributed by atoms with E-state index in [0.29, 0.717) is 0 Å². The van der Waals surface area contributed by atoms with Crippen LogP contribution in [0.15, 0.2) is 0 Å². The Kier molecular flexibility index (Phi) is 12.4. The van der Waals surface area contributed by atoms with Gasteiger partial charge in [-0.1, -0.05) is 0 Å². The number of hydrogen-bond donors (Lipinski definition) is 18. The Morgan fingerprint density at radius 1 is 0.390 bits per heavy atom. The van der Waals surface area contributed by atoms with E-state index in [2.05, 4.69) is 0 Å². The predicted octanol–water partition coefficient (Wildman–Crippen LogP) is -4.64. The molecule has 0 aliphatic heterocycles.